The smallest absolute Gasteiger partial charge is 0.326 e. The third kappa shape index (κ3) is 4.37. The van der Waals surface area contributed by atoms with Crippen molar-refractivity contribution < 1.29 is 14.7 Å². The highest BCUT2D eigenvalue weighted by Crippen LogP contribution is 2.27. The largest absolute Gasteiger partial charge is 0.480 e. The number of amides is 1. The number of hydrogen-bond acceptors (Lipinski definition) is 2. The summed E-state index contributed by atoms with van der Waals surface area (Å²) in [7, 11) is 0. The van der Waals surface area contributed by atoms with Gasteiger partial charge in [-0.15, -0.1) is 0 Å². The molecule has 0 saturated heterocycles. The summed E-state index contributed by atoms with van der Waals surface area (Å²) >= 11 is 0. The first kappa shape index (κ1) is 14.6. The number of hydrogen-bond donors (Lipinski definition) is 2. The molecule has 4 nitrogen and oxygen atoms in total. The van der Waals surface area contributed by atoms with E-state index in [-0.39, 0.29) is 5.91 Å². The monoisotopic (exact) mass is 275 g/mol. The Balaban J connectivity index is 1.88. The highest BCUT2D eigenvalue weighted by molar-refractivity contribution is 5.83. The lowest BCUT2D eigenvalue weighted by Crippen LogP contribution is -2.42. The zero-order valence-electron chi connectivity index (χ0n) is 11.5. The number of carbonyl (C=O) groups is 2. The first-order chi connectivity index (χ1) is 9.65. The molecule has 2 N–H and O–H groups in total. The second-order valence-corrected chi connectivity index (χ2v) is 5.50. The highest BCUT2D eigenvalue weighted by Gasteiger charge is 2.23. The molecule has 108 valence electrons. The summed E-state index contributed by atoms with van der Waals surface area (Å²) < 4.78 is 0. The SMILES string of the molecule is O=C(CC1CCCC1)N[C@H](Cc1ccccc1)C(=O)O. The molecule has 1 amide bonds. The third-order valence-electron chi connectivity index (χ3n) is 3.86. The number of rotatable bonds is 6. The Morgan fingerprint density at radius 1 is 1.20 bits per heavy atom. The first-order valence-corrected chi connectivity index (χ1v) is 7.21. The molecule has 1 aliphatic rings. The van der Waals surface area contributed by atoms with Crippen LogP contribution in [-0.4, -0.2) is 23.0 Å². The quantitative estimate of drug-likeness (QED) is 0.837. The van der Waals surface area contributed by atoms with Gasteiger partial charge in [0.05, 0.1) is 0 Å². The van der Waals surface area contributed by atoms with E-state index in [0.717, 1.165) is 18.4 Å². The van der Waals surface area contributed by atoms with Gasteiger partial charge in [0.1, 0.15) is 6.04 Å². The predicted molar refractivity (Wildman–Crippen MR) is 76.3 cm³/mol. The third-order valence-corrected chi connectivity index (χ3v) is 3.86. The minimum absolute atomic E-state index is 0.139. The Morgan fingerprint density at radius 2 is 1.85 bits per heavy atom. The van der Waals surface area contributed by atoms with Gasteiger partial charge in [0, 0.05) is 12.8 Å². The van der Waals surface area contributed by atoms with Gasteiger partial charge < -0.3 is 10.4 Å². The normalized spacial score (nSPS) is 16.8. The van der Waals surface area contributed by atoms with Gasteiger partial charge in [0.2, 0.25) is 5.91 Å². The Labute approximate surface area is 119 Å². The summed E-state index contributed by atoms with van der Waals surface area (Å²) in [5.74, 6) is -0.685. The van der Waals surface area contributed by atoms with Crippen molar-refractivity contribution in [1.82, 2.24) is 5.32 Å². The van der Waals surface area contributed by atoms with E-state index < -0.39 is 12.0 Å². The van der Waals surface area contributed by atoms with E-state index in [1.165, 1.54) is 12.8 Å². The van der Waals surface area contributed by atoms with Gasteiger partial charge in [0.25, 0.3) is 0 Å². The molecule has 0 bridgehead atoms. The molecule has 1 atom stereocenters. The second kappa shape index (κ2) is 7.08. The predicted octanol–water partition coefficient (Wildman–Crippen LogP) is 2.38. The Bertz CT molecular complexity index is 452. The van der Waals surface area contributed by atoms with E-state index in [2.05, 4.69) is 5.32 Å². The molecule has 0 heterocycles. The van der Waals surface area contributed by atoms with Gasteiger partial charge in [-0.3, -0.25) is 4.79 Å². The lowest BCUT2D eigenvalue weighted by molar-refractivity contribution is -0.141. The van der Waals surface area contributed by atoms with Crippen molar-refractivity contribution in [3.05, 3.63) is 35.9 Å². The van der Waals surface area contributed by atoms with Crippen LogP contribution in [0.15, 0.2) is 30.3 Å². The molecule has 4 heteroatoms. The van der Waals surface area contributed by atoms with Crippen LogP contribution in [0.5, 0.6) is 0 Å². The molecule has 0 aliphatic heterocycles. The zero-order chi connectivity index (χ0) is 14.4. The molecule has 1 fully saturated rings. The number of carboxylic acids is 1. The minimum Gasteiger partial charge on any atom is -0.480 e. The first-order valence-electron chi connectivity index (χ1n) is 7.21. The molecule has 0 radical (unpaired) electrons. The molecular weight excluding hydrogens is 254 g/mol. The molecule has 2 rings (SSSR count). The van der Waals surface area contributed by atoms with E-state index in [9.17, 15) is 14.7 Å². The maximum Gasteiger partial charge on any atom is 0.326 e. The summed E-state index contributed by atoms with van der Waals surface area (Å²) in [5.41, 5.74) is 0.918. The van der Waals surface area contributed by atoms with Crippen molar-refractivity contribution in [2.75, 3.05) is 0 Å². The molecule has 1 aromatic carbocycles. The summed E-state index contributed by atoms with van der Waals surface area (Å²) in [6.07, 6.45) is 5.33. The van der Waals surface area contributed by atoms with Crippen LogP contribution in [0, 0.1) is 5.92 Å². The lowest BCUT2D eigenvalue weighted by Gasteiger charge is -2.16. The number of benzene rings is 1. The molecule has 20 heavy (non-hydrogen) atoms. The zero-order valence-corrected chi connectivity index (χ0v) is 11.5. The summed E-state index contributed by atoms with van der Waals surface area (Å²) in [5, 5.41) is 11.9. The van der Waals surface area contributed by atoms with E-state index in [0.29, 0.717) is 18.8 Å². The molecule has 0 unspecified atom stereocenters. The molecular formula is C16H21NO3. The molecule has 1 aliphatic carbocycles. The van der Waals surface area contributed by atoms with Gasteiger partial charge in [-0.05, 0) is 24.3 Å². The number of nitrogens with one attached hydrogen (secondary N) is 1. The maximum atomic E-state index is 11.9. The van der Waals surface area contributed by atoms with Crippen LogP contribution in [0.25, 0.3) is 0 Å². The highest BCUT2D eigenvalue weighted by atomic mass is 16.4. The fraction of sp³-hybridized carbons (Fsp3) is 0.500. The fourth-order valence-electron chi connectivity index (χ4n) is 2.78. The van der Waals surface area contributed by atoms with Crippen LogP contribution in [0.3, 0.4) is 0 Å². The average molecular weight is 275 g/mol. The Hall–Kier alpha value is -1.84. The van der Waals surface area contributed by atoms with E-state index in [1.54, 1.807) is 0 Å². The van der Waals surface area contributed by atoms with Crippen LogP contribution < -0.4 is 5.32 Å². The topological polar surface area (TPSA) is 66.4 Å². The van der Waals surface area contributed by atoms with Crippen molar-refractivity contribution in [2.24, 2.45) is 5.92 Å². The summed E-state index contributed by atoms with van der Waals surface area (Å²) in [6, 6.07) is 8.53. The number of aliphatic carboxylic acids is 1. The van der Waals surface area contributed by atoms with Crippen molar-refractivity contribution in [2.45, 2.75) is 44.6 Å². The van der Waals surface area contributed by atoms with Crippen LogP contribution in [0.2, 0.25) is 0 Å². The van der Waals surface area contributed by atoms with Gasteiger partial charge in [-0.2, -0.15) is 0 Å². The van der Waals surface area contributed by atoms with E-state index in [1.807, 2.05) is 30.3 Å². The van der Waals surface area contributed by atoms with Crippen LogP contribution >= 0.6 is 0 Å². The van der Waals surface area contributed by atoms with Crippen molar-refractivity contribution >= 4 is 11.9 Å². The number of carboxylic acid groups (broad SMARTS) is 1. The van der Waals surface area contributed by atoms with E-state index in [4.69, 9.17) is 0 Å². The van der Waals surface area contributed by atoms with Gasteiger partial charge in [0.15, 0.2) is 0 Å². The van der Waals surface area contributed by atoms with Crippen LogP contribution in [0.1, 0.15) is 37.7 Å². The Morgan fingerprint density at radius 3 is 2.45 bits per heavy atom. The molecule has 0 spiro atoms. The average Bonchev–Trinajstić information content (AvgIpc) is 2.92. The van der Waals surface area contributed by atoms with Gasteiger partial charge in [-0.25, -0.2) is 4.79 Å². The second-order valence-electron chi connectivity index (χ2n) is 5.50. The summed E-state index contributed by atoms with van der Waals surface area (Å²) in [4.78, 5) is 23.2. The van der Waals surface area contributed by atoms with Gasteiger partial charge in [-0.1, -0.05) is 43.2 Å². The van der Waals surface area contributed by atoms with Crippen LogP contribution in [0.4, 0.5) is 0 Å². The van der Waals surface area contributed by atoms with Crippen molar-refractivity contribution in [3.8, 4) is 0 Å². The van der Waals surface area contributed by atoms with Crippen molar-refractivity contribution in [3.63, 3.8) is 0 Å². The van der Waals surface area contributed by atoms with Crippen molar-refractivity contribution in [1.29, 1.82) is 0 Å². The van der Waals surface area contributed by atoms with E-state index >= 15 is 0 Å². The maximum absolute atomic E-state index is 11.9. The van der Waals surface area contributed by atoms with Gasteiger partial charge >= 0.3 is 5.97 Å². The minimum atomic E-state index is -0.978. The lowest BCUT2D eigenvalue weighted by atomic mass is 10.0. The Kier molecular flexibility index (Phi) is 5.16. The number of carbonyl (C=O) groups excluding carboxylic acids is 1. The summed E-state index contributed by atoms with van der Waals surface area (Å²) in [6.45, 7) is 0. The molecule has 1 saturated carbocycles. The molecule has 1 aromatic rings. The standard InChI is InChI=1S/C16H21NO3/c18-15(11-13-8-4-5-9-13)17-14(16(19)20)10-12-6-2-1-3-7-12/h1-3,6-7,13-14H,4-5,8-11H2,(H,17,18)(H,19,20)/t14-/m1/s1. The fourth-order valence-corrected chi connectivity index (χ4v) is 2.78. The van der Waals surface area contributed by atoms with Crippen LogP contribution in [-0.2, 0) is 16.0 Å². The molecule has 0 aromatic heterocycles.